The van der Waals surface area contributed by atoms with E-state index >= 15 is 0 Å². The minimum absolute atomic E-state index is 0.0692. The molecule has 1 heterocycles. The molecule has 1 saturated carbocycles. The second kappa shape index (κ2) is 6.76. The number of carbonyl (C=O) groups is 1. The zero-order valence-corrected chi connectivity index (χ0v) is 12.5. The topological polar surface area (TPSA) is 57.0 Å². The molecule has 106 valence electrons. The van der Waals surface area contributed by atoms with Crippen LogP contribution in [0.3, 0.4) is 0 Å². The highest BCUT2D eigenvalue weighted by Crippen LogP contribution is 2.36. The van der Waals surface area contributed by atoms with E-state index in [4.69, 9.17) is 0 Å². The second-order valence-electron chi connectivity index (χ2n) is 5.07. The average molecular weight is 289 g/mol. The van der Waals surface area contributed by atoms with Gasteiger partial charge in [-0.3, -0.25) is 9.78 Å². The van der Waals surface area contributed by atoms with E-state index in [-0.39, 0.29) is 5.91 Å². The van der Waals surface area contributed by atoms with Crippen LogP contribution in [0, 0.1) is 11.3 Å². The third-order valence-corrected chi connectivity index (χ3v) is 4.83. The van der Waals surface area contributed by atoms with Gasteiger partial charge in [-0.15, -0.1) is 0 Å². The van der Waals surface area contributed by atoms with Crippen LogP contribution in [-0.4, -0.2) is 34.1 Å². The molecule has 1 fully saturated rings. The van der Waals surface area contributed by atoms with Crippen molar-refractivity contribution in [1.82, 2.24) is 9.88 Å². The smallest absolute Gasteiger partial charge is 0.224 e. The number of pyridine rings is 1. The van der Waals surface area contributed by atoms with E-state index in [0.29, 0.717) is 6.42 Å². The SMILES string of the molecule is CN(C(=O)CCSCc1ccccn1)C1(C#N)CCC1. The first-order valence-electron chi connectivity index (χ1n) is 6.83. The summed E-state index contributed by atoms with van der Waals surface area (Å²) in [6.07, 6.45) is 4.93. The molecule has 0 atom stereocenters. The molecule has 0 aliphatic heterocycles. The third-order valence-electron chi connectivity index (χ3n) is 3.84. The first-order chi connectivity index (χ1) is 9.68. The number of carbonyl (C=O) groups excluding carboxylic acids is 1. The predicted molar refractivity (Wildman–Crippen MR) is 80.0 cm³/mol. The van der Waals surface area contributed by atoms with E-state index < -0.39 is 5.54 Å². The molecule has 1 aliphatic rings. The Morgan fingerprint density at radius 2 is 2.35 bits per heavy atom. The minimum atomic E-state index is -0.525. The highest BCUT2D eigenvalue weighted by atomic mass is 32.2. The molecule has 1 aromatic heterocycles. The minimum Gasteiger partial charge on any atom is -0.327 e. The Hall–Kier alpha value is -1.54. The maximum Gasteiger partial charge on any atom is 0.224 e. The molecule has 0 spiro atoms. The van der Waals surface area contributed by atoms with Gasteiger partial charge in [-0.1, -0.05) is 6.07 Å². The molecular formula is C15H19N3OS. The standard InChI is InChI=1S/C15H19N3OS/c1-18(15(12-16)7-4-8-15)14(19)6-10-20-11-13-5-2-3-9-17-13/h2-3,5,9H,4,6-8,10-11H2,1H3. The Morgan fingerprint density at radius 1 is 1.55 bits per heavy atom. The van der Waals surface area contributed by atoms with Crippen LogP contribution in [0.25, 0.3) is 0 Å². The quantitative estimate of drug-likeness (QED) is 0.755. The molecule has 20 heavy (non-hydrogen) atoms. The fourth-order valence-corrected chi connectivity index (χ4v) is 3.10. The zero-order chi connectivity index (χ0) is 14.4. The number of rotatable bonds is 6. The van der Waals surface area contributed by atoms with Crippen molar-refractivity contribution < 1.29 is 4.79 Å². The monoisotopic (exact) mass is 289 g/mol. The Morgan fingerprint density at radius 3 is 2.90 bits per heavy atom. The molecule has 0 radical (unpaired) electrons. The van der Waals surface area contributed by atoms with Crippen LogP contribution >= 0.6 is 11.8 Å². The van der Waals surface area contributed by atoms with Crippen LogP contribution in [0.2, 0.25) is 0 Å². The van der Waals surface area contributed by atoms with Gasteiger partial charge in [-0.2, -0.15) is 17.0 Å². The molecule has 5 heteroatoms. The maximum absolute atomic E-state index is 12.1. The van der Waals surface area contributed by atoms with E-state index in [1.54, 1.807) is 29.9 Å². The van der Waals surface area contributed by atoms with Crippen LogP contribution in [0.4, 0.5) is 0 Å². The number of nitriles is 1. The molecule has 0 N–H and O–H groups in total. The van der Waals surface area contributed by atoms with Gasteiger partial charge in [0.25, 0.3) is 0 Å². The lowest BCUT2D eigenvalue weighted by molar-refractivity contribution is -0.135. The van der Waals surface area contributed by atoms with Gasteiger partial charge in [0, 0.05) is 31.2 Å². The van der Waals surface area contributed by atoms with Crippen LogP contribution < -0.4 is 0 Å². The van der Waals surface area contributed by atoms with Gasteiger partial charge in [0.05, 0.1) is 11.8 Å². The maximum atomic E-state index is 12.1. The molecular weight excluding hydrogens is 270 g/mol. The van der Waals surface area contributed by atoms with Crippen LogP contribution in [0.15, 0.2) is 24.4 Å². The molecule has 4 nitrogen and oxygen atoms in total. The summed E-state index contributed by atoms with van der Waals surface area (Å²) >= 11 is 1.70. The summed E-state index contributed by atoms with van der Waals surface area (Å²) in [7, 11) is 1.76. The van der Waals surface area contributed by atoms with E-state index in [0.717, 1.165) is 36.5 Å². The van der Waals surface area contributed by atoms with Crippen molar-refractivity contribution in [3.8, 4) is 6.07 Å². The number of aromatic nitrogens is 1. The predicted octanol–water partition coefficient (Wildman–Crippen LogP) is 2.61. The average Bonchev–Trinajstić information content (AvgIpc) is 2.44. The summed E-state index contributed by atoms with van der Waals surface area (Å²) in [6.45, 7) is 0. The molecule has 1 aliphatic carbocycles. The Labute approximate surface area is 124 Å². The summed E-state index contributed by atoms with van der Waals surface area (Å²) in [6, 6.07) is 8.15. The van der Waals surface area contributed by atoms with Crippen molar-refractivity contribution in [1.29, 1.82) is 5.26 Å². The van der Waals surface area contributed by atoms with Gasteiger partial charge in [0.15, 0.2) is 0 Å². The zero-order valence-electron chi connectivity index (χ0n) is 11.7. The first kappa shape index (κ1) is 14.9. The van der Waals surface area contributed by atoms with Crippen LogP contribution in [0.1, 0.15) is 31.4 Å². The van der Waals surface area contributed by atoms with Crippen LogP contribution in [0.5, 0.6) is 0 Å². The number of nitrogens with zero attached hydrogens (tertiary/aromatic N) is 3. The first-order valence-corrected chi connectivity index (χ1v) is 7.99. The summed E-state index contributed by atoms with van der Waals surface area (Å²) < 4.78 is 0. The number of hydrogen-bond acceptors (Lipinski definition) is 4. The highest BCUT2D eigenvalue weighted by molar-refractivity contribution is 7.98. The molecule has 1 aromatic rings. The molecule has 2 rings (SSSR count). The summed E-state index contributed by atoms with van der Waals surface area (Å²) in [4.78, 5) is 18.0. The van der Waals surface area contributed by atoms with Crippen molar-refractivity contribution in [2.24, 2.45) is 0 Å². The van der Waals surface area contributed by atoms with E-state index in [2.05, 4.69) is 11.1 Å². The summed E-state index contributed by atoms with van der Waals surface area (Å²) in [5, 5.41) is 9.22. The Kier molecular flexibility index (Phi) is 5.02. The van der Waals surface area contributed by atoms with E-state index in [9.17, 15) is 10.1 Å². The number of amides is 1. The van der Waals surface area contributed by atoms with Crippen molar-refractivity contribution in [3.63, 3.8) is 0 Å². The summed E-state index contributed by atoms with van der Waals surface area (Å²) in [5.41, 5.74) is 0.508. The molecule has 0 aromatic carbocycles. The van der Waals surface area contributed by atoms with Crippen molar-refractivity contribution in [2.45, 2.75) is 37.0 Å². The molecule has 0 bridgehead atoms. The molecule has 1 amide bonds. The van der Waals surface area contributed by atoms with Gasteiger partial charge in [-0.05, 0) is 31.4 Å². The Bertz CT molecular complexity index is 494. The van der Waals surface area contributed by atoms with Crippen molar-refractivity contribution in [3.05, 3.63) is 30.1 Å². The van der Waals surface area contributed by atoms with Gasteiger partial charge in [-0.25, -0.2) is 0 Å². The van der Waals surface area contributed by atoms with Crippen molar-refractivity contribution in [2.75, 3.05) is 12.8 Å². The van der Waals surface area contributed by atoms with E-state index in [1.807, 2.05) is 18.2 Å². The number of hydrogen-bond donors (Lipinski definition) is 0. The fourth-order valence-electron chi connectivity index (χ4n) is 2.26. The van der Waals surface area contributed by atoms with E-state index in [1.165, 1.54) is 0 Å². The highest BCUT2D eigenvalue weighted by Gasteiger charge is 2.43. The van der Waals surface area contributed by atoms with Crippen molar-refractivity contribution >= 4 is 17.7 Å². The van der Waals surface area contributed by atoms with Gasteiger partial charge in [0.2, 0.25) is 5.91 Å². The third kappa shape index (κ3) is 3.31. The molecule has 0 unspecified atom stereocenters. The fraction of sp³-hybridized carbons (Fsp3) is 0.533. The number of thioether (sulfide) groups is 1. The van der Waals surface area contributed by atoms with Crippen LogP contribution in [-0.2, 0) is 10.5 Å². The van der Waals surface area contributed by atoms with Gasteiger partial charge in [0.1, 0.15) is 5.54 Å². The normalized spacial score (nSPS) is 16.0. The summed E-state index contributed by atoms with van der Waals surface area (Å²) in [5.74, 6) is 1.66. The van der Waals surface area contributed by atoms with Gasteiger partial charge < -0.3 is 4.90 Å². The lowest BCUT2D eigenvalue weighted by atomic mass is 9.76. The second-order valence-corrected chi connectivity index (χ2v) is 6.18. The lowest BCUT2D eigenvalue weighted by Gasteiger charge is -2.43. The largest absolute Gasteiger partial charge is 0.327 e. The lowest BCUT2D eigenvalue weighted by Crippen LogP contribution is -2.53. The van der Waals surface area contributed by atoms with Gasteiger partial charge >= 0.3 is 0 Å². The Balaban J connectivity index is 1.72. The molecule has 0 saturated heterocycles.